The fourth-order valence-corrected chi connectivity index (χ4v) is 5.70. The molecule has 1 amide bonds. The summed E-state index contributed by atoms with van der Waals surface area (Å²) >= 11 is 5.24. The molecule has 1 atom stereocenters. The first-order valence-corrected chi connectivity index (χ1v) is 12.6. The molecule has 0 saturated heterocycles. The van der Waals surface area contributed by atoms with Gasteiger partial charge in [-0.05, 0) is 86.3 Å². The SMILES string of the molecule is C=CC(=O)N1Cc2sccc2[C@H](c2ccccc2-c2cn(CC)nc2C(F)(I)I)C1. The normalized spacial score (nSPS) is 16.4. The summed E-state index contributed by atoms with van der Waals surface area (Å²) in [5, 5.41) is 6.58. The lowest BCUT2D eigenvalue weighted by molar-refractivity contribution is -0.127. The smallest absolute Gasteiger partial charge is 0.254 e. The topological polar surface area (TPSA) is 38.1 Å². The highest BCUT2D eigenvalue weighted by Crippen LogP contribution is 2.47. The fourth-order valence-electron chi connectivity index (χ4n) is 3.94. The average molecular weight is 647 g/mol. The lowest BCUT2D eigenvalue weighted by Crippen LogP contribution is -2.37. The van der Waals surface area contributed by atoms with E-state index in [0.29, 0.717) is 25.3 Å². The van der Waals surface area contributed by atoms with E-state index in [0.717, 1.165) is 16.7 Å². The van der Waals surface area contributed by atoms with Gasteiger partial charge in [0, 0.05) is 35.6 Å². The Morgan fingerprint density at radius 1 is 1.33 bits per heavy atom. The van der Waals surface area contributed by atoms with Crippen LogP contribution in [0, 0.1) is 0 Å². The predicted molar refractivity (Wildman–Crippen MR) is 136 cm³/mol. The van der Waals surface area contributed by atoms with E-state index in [9.17, 15) is 4.79 Å². The van der Waals surface area contributed by atoms with Crippen LogP contribution < -0.4 is 0 Å². The minimum Gasteiger partial charge on any atom is -0.333 e. The molecular weight excluding hydrogens is 627 g/mol. The molecular formula is C22H20FI2N3OS. The van der Waals surface area contributed by atoms with Crippen LogP contribution in [0.3, 0.4) is 0 Å². The number of nitrogens with zero attached hydrogens (tertiary/aromatic N) is 3. The van der Waals surface area contributed by atoms with Gasteiger partial charge in [-0.2, -0.15) is 5.10 Å². The molecule has 3 heterocycles. The van der Waals surface area contributed by atoms with Crippen LogP contribution in [-0.2, 0) is 19.6 Å². The first kappa shape index (κ1) is 21.9. The van der Waals surface area contributed by atoms with Crippen molar-refractivity contribution in [2.75, 3.05) is 6.54 Å². The van der Waals surface area contributed by atoms with Gasteiger partial charge in [0.1, 0.15) is 5.69 Å². The molecule has 0 spiro atoms. The second-order valence-corrected chi connectivity index (χ2v) is 13.1. The summed E-state index contributed by atoms with van der Waals surface area (Å²) in [5.74, 6) is -0.0614. The van der Waals surface area contributed by atoms with Gasteiger partial charge in [0.05, 0.1) is 6.54 Å². The third kappa shape index (κ3) is 4.10. The number of fused-ring (bicyclic) bond motifs is 1. The van der Waals surface area contributed by atoms with Crippen molar-refractivity contribution in [3.63, 3.8) is 0 Å². The van der Waals surface area contributed by atoms with Gasteiger partial charge in [0.15, 0.2) is 0 Å². The van der Waals surface area contributed by atoms with Crippen molar-refractivity contribution >= 4 is 62.4 Å². The minimum absolute atomic E-state index is 0.00959. The lowest BCUT2D eigenvalue weighted by atomic mass is 9.84. The Hall–Kier alpha value is -1.27. The standard InChI is InChI=1S/C22H20FI2N3OS/c1-3-20(29)27-11-17(16-9-10-30-19(16)13-27)14-7-5-6-8-15(14)18-12-28(4-2)26-21(18)22(23,24)25/h3,5-10,12,17H,1,4,11,13H2,2H3/t17-/m0/s1. The van der Waals surface area contributed by atoms with E-state index in [4.69, 9.17) is 0 Å². The van der Waals surface area contributed by atoms with Crippen LogP contribution in [0.1, 0.15) is 34.5 Å². The van der Waals surface area contributed by atoms with Crippen LogP contribution in [0.5, 0.6) is 0 Å². The average Bonchev–Trinajstić information content (AvgIpc) is 3.39. The largest absolute Gasteiger partial charge is 0.333 e. The summed E-state index contributed by atoms with van der Waals surface area (Å²) in [6.07, 6.45) is 3.29. The number of aryl methyl sites for hydroxylation is 1. The number of rotatable bonds is 5. The molecule has 3 aromatic rings. The third-order valence-electron chi connectivity index (χ3n) is 5.36. The van der Waals surface area contributed by atoms with Crippen molar-refractivity contribution in [3.05, 3.63) is 76.3 Å². The first-order chi connectivity index (χ1) is 14.3. The molecule has 30 heavy (non-hydrogen) atoms. The highest BCUT2D eigenvalue weighted by Gasteiger charge is 2.35. The summed E-state index contributed by atoms with van der Waals surface area (Å²) < 4.78 is 15.2. The van der Waals surface area contributed by atoms with Crippen molar-refractivity contribution in [3.8, 4) is 11.1 Å². The maximum atomic E-state index is 15.0. The van der Waals surface area contributed by atoms with Crippen LogP contribution in [0.25, 0.3) is 11.1 Å². The molecule has 0 fully saturated rings. The van der Waals surface area contributed by atoms with E-state index in [-0.39, 0.29) is 11.8 Å². The molecule has 156 valence electrons. The minimum atomic E-state index is -1.62. The molecule has 0 saturated carbocycles. The number of amides is 1. The zero-order valence-corrected chi connectivity index (χ0v) is 21.4. The summed E-state index contributed by atoms with van der Waals surface area (Å²) in [7, 11) is 0. The predicted octanol–water partition coefficient (Wildman–Crippen LogP) is 6.24. The molecule has 0 unspecified atom stereocenters. The summed E-state index contributed by atoms with van der Waals surface area (Å²) in [6, 6.07) is 10.2. The molecule has 4 nitrogen and oxygen atoms in total. The van der Waals surface area contributed by atoms with E-state index in [1.807, 2.05) is 36.2 Å². The van der Waals surface area contributed by atoms with E-state index in [2.05, 4.69) is 29.2 Å². The first-order valence-electron chi connectivity index (χ1n) is 9.55. The number of hydrogen-bond acceptors (Lipinski definition) is 3. The summed E-state index contributed by atoms with van der Waals surface area (Å²) in [5.41, 5.74) is 4.48. The number of halogens is 3. The Labute approximate surface area is 206 Å². The number of carbonyl (C=O) groups is 1. The van der Waals surface area contributed by atoms with Gasteiger partial charge in [-0.3, -0.25) is 9.48 Å². The highest BCUT2D eigenvalue weighted by atomic mass is 127. The second kappa shape index (κ2) is 8.70. The van der Waals surface area contributed by atoms with Gasteiger partial charge in [-0.15, -0.1) is 11.3 Å². The molecule has 4 rings (SSSR count). The highest BCUT2D eigenvalue weighted by molar-refractivity contribution is 14.2. The van der Waals surface area contributed by atoms with Gasteiger partial charge in [-0.25, -0.2) is 4.39 Å². The van der Waals surface area contributed by atoms with E-state index >= 15 is 4.39 Å². The van der Waals surface area contributed by atoms with Crippen LogP contribution >= 0.6 is 56.5 Å². The van der Waals surface area contributed by atoms with Crippen molar-refractivity contribution < 1.29 is 9.18 Å². The van der Waals surface area contributed by atoms with Crippen molar-refractivity contribution in [2.24, 2.45) is 0 Å². The molecule has 1 aliphatic heterocycles. The molecule has 1 aromatic carbocycles. The number of benzene rings is 1. The van der Waals surface area contributed by atoms with Gasteiger partial charge in [0.2, 0.25) is 5.91 Å². The fraction of sp³-hybridized carbons (Fsp3) is 0.273. The second-order valence-electron chi connectivity index (χ2n) is 7.11. The quantitative estimate of drug-likeness (QED) is 0.187. The lowest BCUT2D eigenvalue weighted by Gasteiger charge is -2.33. The monoisotopic (exact) mass is 647 g/mol. The Morgan fingerprint density at radius 3 is 2.80 bits per heavy atom. The van der Waals surface area contributed by atoms with Crippen LogP contribution in [-0.4, -0.2) is 27.1 Å². The van der Waals surface area contributed by atoms with Crippen LogP contribution in [0.4, 0.5) is 4.39 Å². The van der Waals surface area contributed by atoms with Crippen molar-refractivity contribution in [2.45, 2.75) is 27.6 Å². The number of hydrogen-bond donors (Lipinski definition) is 0. The molecule has 8 heteroatoms. The Kier molecular flexibility index (Phi) is 6.36. The maximum absolute atomic E-state index is 15.0. The van der Waals surface area contributed by atoms with E-state index in [1.165, 1.54) is 16.5 Å². The summed E-state index contributed by atoms with van der Waals surface area (Å²) in [6.45, 7) is 7.48. The Bertz CT molecular complexity index is 1100. The number of alkyl halides is 3. The van der Waals surface area contributed by atoms with Crippen molar-refractivity contribution in [1.82, 2.24) is 14.7 Å². The molecule has 0 N–H and O–H groups in total. The number of carbonyl (C=O) groups excluding carboxylic acids is 1. The number of aromatic nitrogens is 2. The van der Waals surface area contributed by atoms with Gasteiger partial charge >= 0.3 is 0 Å². The van der Waals surface area contributed by atoms with Gasteiger partial charge in [0.25, 0.3) is 1.68 Å². The van der Waals surface area contributed by atoms with E-state index in [1.54, 1.807) is 61.2 Å². The van der Waals surface area contributed by atoms with E-state index < -0.39 is 1.68 Å². The van der Waals surface area contributed by atoms with Crippen molar-refractivity contribution in [1.29, 1.82) is 0 Å². The maximum Gasteiger partial charge on any atom is 0.254 e. The molecule has 2 aromatic heterocycles. The number of thiophene rings is 1. The molecule has 0 aliphatic carbocycles. The molecule has 0 radical (unpaired) electrons. The Morgan fingerprint density at radius 2 is 2.10 bits per heavy atom. The molecule has 1 aliphatic rings. The summed E-state index contributed by atoms with van der Waals surface area (Å²) in [4.78, 5) is 15.4. The van der Waals surface area contributed by atoms with Crippen LogP contribution in [0.15, 0.2) is 54.6 Å². The van der Waals surface area contributed by atoms with Gasteiger partial charge < -0.3 is 4.90 Å². The zero-order chi connectivity index (χ0) is 21.5. The zero-order valence-electron chi connectivity index (χ0n) is 16.3. The molecule has 0 bridgehead atoms. The third-order valence-corrected chi connectivity index (χ3v) is 7.30. The van der Waals surface area contributed by atoms with Gasteiger partial charge in [-0.1, -0.05) is 30.8 Å². The van der Waals surface area contributed by atoms with Crippen LogP contribution in [0.2, 0.25) is 0 Å². The Balaban J connectivity index is 1.87.